The van der Waals surface area contributed by atoms with Crippen molar-refractivity contribution in [2.24, 2.45) is 0 Å². The minimum absolute atomic E-state index is 0.0169. The van der Waals surface area contributed by atoms with Crippen LogP contribution in [0.4, 0.5) is 19.0 Å². The number of hydrogen-bond acceptors (Lipinski definition) is 9. The topological polar surface area (TPSA) is 93.1 Å². The zero-order valence-corrected chi connectivity index (χ0v) is 25.9. The molecule has 0 radical (unpaired) electrons. The molecule has 2 aromatic heterocycles. The Balaban J connectivity index is 1.32. The lowest BCUT2D eigenvalue weighted by molar-refractivity contribution is 0.0302. The van der Waals surface area contributed by atoms with Gasteiger partial charge < -0.3 is 24.2 Å². The first kappa shape index (κ1) is 29.5. The van der Waals surface area contributed by atoms with Crippen molar-refractivity contribution in [2.75, 3.05) is 44.3 Å². The van der Waals surface area contributed by atoms with E-state index in [0.717, 1.165) is 32.2 Å². The van der Waals surface area contributed by atoms with Gasteiger partial charge in [-0.15, -0.1) is 0 Å². The summed E-state index contributed by atoms with van der Waals surface area (Å²) in [6.45, 7) is 6.11. The highest BCUT2D eigenvalue weighted by atomic mass is 19.1. The summed E-state index contributed by atoms with van der Waals surface area (Å²) in [7, 11) is 0. The van der Waals surface area contributed by atoms with Gasteiger partial charge in [0.1, 0.15) is 46.8 Å². The van der Waals surface area contributed by atoms with Gasteiger partial charge in [0, 0.05) is 31.6 Å². The zero-order valence-electron chi connectivity index (χ0n) is 25.9. The SMILES string of the molecule is CCOc1nc(-c2cc(O)cc3ccc(F)c(C)c23)c(F)c2nc(OC[C@@]34CCCN3C[C@H](F)C4)nc(N3CC4CCC(C3)O4)c12. The molecular formula is C34H36F3N5O4. The molecular weight excluding hydrogens is 599 g/mol. The van der Waals surface area contributed by atoms with Crippen LogP contribution in [0.25, 0.3) is 32.9 Å². The first-order chi connectivity index (χ1) is 22.2. The number of anilines is 1. The Morgan fingerprint density at radius 1 is 1.04 bits per heavy atom. The number of ether oxygens (including phenoxy) is 3. The number of fused-ring (bicyclic) bond motifs is 5. The third-order valence-electron chi connectivity index (χ3n) is 10.1. The fraction of sp³-hybridized carbons (Fsp3) is 0.500. The Labute approximate surface area is 264 Å². The molecule has 0 aliphatic carbocycles. The Bertz CT molecular complexity index is 1850. The van der Waals surface area contributed by atoms with Gasteiger partial charge in [0.25, 0.3) is 0 Å². The highest BCUT2D eigenvalue weighted by Gasteiger charge is 2.49. The molecule has 4 aromatic rings. The van der Waals surface area contributed by atoms with E-state index >= 15 is 4.39 Å². The van der Waals surface area contributed by atoms with Crippen molar-refractivity contribution in [3.63, 3.8) is 0 Å². The maximum Gasteiger partial charge on any atom is 0.319 e. The number of benzene rings is 2. The lowest BCUT2D eigenvalue weighted by Gasteiger charge is -2.34. The van der Waals surface area contributed by atoms with Crippen molar-refractivity contribution in [1.82, 2.24) is 19.9 Å². The number of aromatic nitrogens is 3. The fourth-order valence-corrected chi connectivity index (χ4v) is 8.04. The number of nitrogens with zero attached hydrogens (tertiary/aromatic N) is 5. The largest absolute Gasteiger partial charge is 0.508 e. The van der Waals surface area contributed by atoms with E-state index in [1.165, 1.54) is 18.2 Å². The molecule has 46 heavy (non-hydrogen) atoms. The van der Waals surface area contributed by atoms with Crippen LogP contribution in [0, 0.1) is 18.6 Å². The van der Waals surface area contributed by atoms with E-state index in [1.807, 2.05) is 0 Å². The van der Waals surface area contributed by atoms with Gasteiger partial charge in [-0.1, -0.05) is 6.07 Å². The Morgan fingerprint density at radius 2 is 1.85 bits per heavy atom. The van der Waals surface area contributed by atoms with Gasteiger partial charge in [0.2, 0.25) is 5.88 Å². The van der Waals surface area contributed by atoms with Gasteiger partial charge in [0.05, 0.1) is 24.4 Å². The number of phenolic OH excluding ortho intramolecular Hbond substituents is 1. The second kappa shape index (κ2) is 11.1. The fourth-order valence-electron chi connectivity index (χ4n) is 8.04. The van der Waals surface area contributed by atoms with Crippen molar-refractivity contribution >= 4 is 27.5 Å². The first-order valence-corrected chi connectivity index (χ1v) is 16.1. The van der Waals surface area contributed by atoms with Crippen molar-refractivity contribution < 1.29 is 32.5 Å². The number of phenols is 1. The normalized spacial score (nSPS) is 25.9. The van der Waals surface area contributed by atoms with Crippen LogP contribution in [0.2, 0.25) is 0 Å². The van der Waals surface area contributed by atoms with Crippen LogP contribution in [0.1, 0.15) is 44.6 Å². The molecule has 4 fully saturated rings. The van der Waals surface area contributed by atoms with Crippen LogP contribution >= 0.6 is 0 Å². The van der Waals surface area contributed by atoms with Gasteiger partial charge in [-0.25, -0.2) is 18.2 Å². The minimum atomic E-state index is -0.925. The highest BCUT2D eigenvalue weighted by Crippen LogP contribution is 2.44. The summed E-state index contributed by atoms with van der Waals surface area (Å²) < 4.78 is 64.8. The Hall–Kier alpha value is -3.90. The standard InChI is InChI=1S/C34H36F3N5O4/c1-3-44-32-27-30(28(37)29(38-32)24-12-21(43)11-19-5-8-25(36)18(2)26(19)24)39-33(40-31(27)41-15-22-6-7-23(16-41)46-22)45-17-34-9-4-10-42(34)14-20(35)13-34/h5,8,11-12,20,22-23,43H,3-4,6-7,9-10,13-17H2,1-2H3/t20-,22?,23?,34+/m1/s1. The molecule has 242 valence electrons. The summed E-state index contributed by atoms with van der Waals surface area (Å²) in [5.74, 6) is -0.802. The van der Waals surface area contributed by atoms with Crippen LogP contribution < -0.4 is 14.4 Å². The molecule has 4 aliphatic rings. The first-order valence-electron chi connectivity index (χ1n) is 16.1. The van der Waals surface area contributed by atoms with E-state index < -0.39 is 23.3 Å². The number of alkyl halides is 1. The van der Waals surface area contributed by atoms with Gasteiger partial charge in [0.15, 0.2) is 5.82 Å². The number of rotatable bonds is 7. The zero-order chi connectivity index (χ0) is 31.7. The van der Waals surface area contributed by atoms with Crippen LogP contribution in [0.15, 0.2) is 24.3 Å². The van der Waals surface area contributed by atoms with E-state index in [2.05, 4.69) is 19.8 Å². The van der Waals surface area contributed by atoms with Crippen molar-refractivity contribution in [2.45, 2.75) is 69.9 Å². The highest BCUT2D eigenvalue weighted by molar-refractivity contribution is 6.03. The van der Waals surface area contributed by atoms with E-state index in [0.29, 0.717) is 53.6 Å². The van der Waals surface area contributed by atoms with E-state index in [9.17, 15) is 13.9 Å². The van der Waals surface area contributed by atoms with Crippen molar-refractivity contribution in [1.29, 1.82) is 0 Å². The lowest BCUT2D eigenvalue weighted by atomic mass is 9.95. The van der Waals surface area contributed by atoms with Gasteiger partial charge in [-0.2, -0.15) is 9.97 Å². The van der Waals surface area contributed by atoms with E-state index in [1.54, 1.807) is 19.9 Å². The summed E-state index contributed by atoms with van der Waals surface area (Å²) in [4.78, 5) is 18.3. The van der Waals surface area contributed by atoms with Gasteiger partial charge in [-0.3, -0.25) is 4.90 Å². The smallest absolute Gasteiger partial charge is 0.319 e. The van der Waals surface area contributed by atoms with E-state index in [-0.39, 0.29) is 59.8 Å². The predicted molar refractivity (Wildman–Crippen MR) is 166 cm³/mol. The molecule has 0 amide bonds. The predicted octanol–water partition coefficient (Wildman–Crippen LogP) is 5.86. The van der Waals surface area contributed by atoms with Crippen LogP contribution in [-0.4, -0.2) is 88.3 Å². The van der Waals surface area contributed by atoms with Gasteiger partial charge in [-0.05, 0) is 80.6 Å². The summed E-state index contributed by atoms with van der Waals surface area (Å²) in [6.07, 6.45) is 3.08. The minimum Gasteiger partial charge on any atom is -0.508 e. The number of morpholine rings is 1. The van der Waals surface area contributed by atoms with Gasteiger partial charge >= 0.3 is 6.01 Å². The molecule has 0 spiro atoms. The number of aryl methyl sites for hydroxylation is 1. The monoisotopic (exact) mass is 635 g/mol. The second-order valence-electron chi connectivity index (χ2n) is 13.1. The third kappa shape index (κ3) is 4.79. The Kier molecular flexibility index (Phi) is 7.13. The molecule has 2 bridgehead atoms. The number of aromatic hydroxyl groups is 1. The molecule has 4 saturated heterocycles. The molecule has 4 aliphatic heterocycles. The maximum atomic E-state index is 17.0. The summed E-state index contributed by atoms with van der Waals surface area (Å²) >= 11 is 0. The molecule has 9 nitrogen and oxygen atoms in total. The number of hydrogen-bond donors (Lipinski definition) is 1. The summed E-state index contributed by atoms with van der Waals surface area (Å²) in [5, 5.41) is 11.9. The number of halogens is 3. The second-order valence-corrected chi connectivity index (χ2v) is 13.1. The molecule has 1 N–H and O–H groups in total. The van der Waals surface area contributed by atoms with E-state index in [4.69, 9.17) is 19.2 Å². The molecule has 4 atom stereocenters. The third-order valence-corrected chi connectivity index (χ3v) is 10.1. The Morgan fingerprint density at radius 3 is 2.63 bits per heavy atom. The maximum absolute atomic E-state index is 17.0. The molecule has 8 rings (SSSR count). The molecule has 2 unspecified atom stereocenters. The molecule has 2 aromatic carbocycles. The van der Waals surface area contributed by atoms with Crippen LogP contribution in [0.3, 0.4) is 0 Å². The van der Waals surface area contributed by atoms with Crippen molar-refractivity contribution in [3.05, 3.63) is 41.5 Å². The molecule has 0 saturated carbocycles. The summed E-state index contributed by atoms with van der Waals surface area (Å²) in [5.41, 5.74) is -0.143. The summed E-state index contributed by atoms with van der Waals surface area (Å²) in [6, 6.07) is 5.71. The average Bonchev–Trinajstić information content (AvgIpc) is 3.68. The molecule has 12 heteroatoms. The lowest BCUT2D eigenvalue weighted by Crippen LogP contribution is -2.44. The van der Waals surface area contributed by atoms with Crippen LogP contribution in [-0.2, 0) is 4.74 Å². The van der Waals surface area contributed by atoms with Crippen molar-refractivity contribution in [3.8, 4) is 28.9 Å². The number of pyridine rings is 1. The quantitative estimate of drug-likeness (QED) is 0.268. The average molecular weight is 636 g/mol. The van der Waals surface area contributed by atoms with Crippen LogP contribution in [0.5, 0.6) is 17.6 Å². The molecule has 6 heterocycles.